The quantitative estimate of drug-likeness (QED) is 0.424. The fourth-order valence-electron chi connectivity index (χ4n) is 1.19. The summed E-state index contributed by atoms with van der Waals surface area (Å²) in [7, 11) is 4.18. The van der Waals surface area contributed by atoms with E-state index in [0.29, 0.717) is 6.54 Å². The normalized spacial score (nSPS) is 9.70. The van der Waals surface area contributed by atoms with Gasteiger partial charge in [0.2, 0.25) is 0 Å². The first-order valence-electron chi connectivity index (χ1n) is 3.49. The molecule has 0 fully saturated rings. The van der Waals surface area contributed by atoms with Crippen molar-refractivity contribution in [1.82, 2.24) is 0 Å². The summed E-state index contributed by atoms with van der Waals surface area (Å²) in [5.41, 5.74) is 9.29. The van der Waals surface area contributed by atoms with Crippen molar-refractivity contribution in [2.75, 3.05) is 0 Å². The first-order valence-corrected chi connectivity index (χ1v) is 3.49. The van der Waals surface area contributed by atoms with Crippen LogP contribution >= 0.6 is 0 Å². The molecule has 1 aromatic rings. The van der Waals surface area contributed by atoms with Crippen LogP contribution < -0.4 is 16.7 Å². The molecule has 0 aliphatic heterocycles. The summed E-state index contributed by atoms with van der Waals surface area (Å²) in [4.78, 5) is 0. The van der Waals surface area contributed by atoms with Gasteiger partial charge in [-0.3, -0.25) is 0 Å². The van der Waals surface area contributed by atoms with Gasteiger partial charge in [0.05, 0.1) is 0 Å². The van der Waals surface area contributed by atoms with Crippen molar-refractivity contribution >= 4 is 26.6 Å². The number of rotatable bonds is 1. The van der Waals surface area contributed by atoms with Crippen LogP contribution in [0.25, 0.3) is 0 Å². The summed E-state index contributed by atoms with van der Waals surface area (Å²) >= 11 is 0. The maximum atomic E-state index is 5.49. The first kappa shape index (κ1) is 7.42. The molecule has 0 atom stereocenters. The SMILES string of the molecule is Bc1cc(B)cc(CN)c1. The highest BCUT2D eigenvalue weighted by Gasteiger charge is 1.91. The minimum Gasteiger partial charge on any atom is -0.326 e. The molecule has 1 aromatic carbocycles. The molecule has 0 saturated heterocycles. The predicted molar refractivity (Wildman–Crippen MR) is 50.7 cm³/mol. The second kappa shape index (κ2) is 2.93. The molecule has 0 spiro atoms. The minimum atomic E-state index is 0.641. The van der Waals surface area contributed by atoms with E-state index in [1.54, 1.807) is 0 Å². The number of benzene rings is 1. The van der Waals surface area contributed by atoms with Crippen LogP contribution in [-0.2, 0) is 6.54 Å². The highest BCUT2D eigenvalue weighted by molar-refractivity contribution is 6.37. The van der Waals surface area contributed by atoms with Gasteiger partial charge in [-0.25, -0.2) is 0 Å². The number of hydrogen-bond acceptors (Lipinski definition) is 1. The Labute approximate surface area is 63.4 Å². The van der Waals surface area contributed by atoms with E-state index in [0.717, 1.165) is 0 Å². The van der Waals surface area contributed by atoms with E-state index >= 15 is 0 Å². The van der Waals surface area contributed by atoms with Crippen LogP contribution in [0.2, 0.25) is 0 Å². The van der Waals surface area contributed by atoms with E-state index in [-0.39, 0.29) is 0 Å². The van der Waals surface area contributed by atoms with Crippen molar-refractivity contribution in [3.05, 3.63) is 23.8 Å². The summed E-state index contributed by atoms with van der Waals surface area (Å²) in [5, 5.41) is 0. The first-order chi connectivity index (χ1) is 4.72. The summed E-state index contributed by atoms with van der Waals surface area (Å²) in [6.07, 6.45) is 0. The minimum absolute atomic E-state index is 0.641. The smallest absolute Gasteiger partial charge is 0.139 e. The molecule has 2 N–H and O–H groups in total. The largest absolute Gasteiger partial charge is 0.326 e. The lowest BCUT2D eigenvalue weighted by Crippen LogP contribution is -2.16. The van der Waals surface area contributed by atoms with Crippen molar-refractivity contribution < 1.29 is 0 Å². The molecule has 0 amide bonds. The molecule has 0 radical (unpaired) electrons. The zero-order chi connectivity index (χ0) is 7.56. The zero-order valence-corrected chi connectivity index (χ0v) is 6.52. The monoisotopic (exact) mass is 131 g/mol. The maximum absolute atomic E-state index is 5.49. The molecule has 0 unspecified atom stereocenters. The topological polar surface area (TPSA) is 26.0 Å². The van der Waals surface area contributed by atoms with Gasteiger partial charge in [-0.05, 0) is 5.56 Å². The van der Waals surface area contributed by atoms with Gasteiger partial charge in [0, 0.05) is 6.54 Å². The number of nitrogens with two attached hydrogens (primary N) is 1. The molecule has 0 aliphatic rings. The van der Waals surface area contributed by atoms with Gasteiger partial charge >= 0.3 is 0 Å². The van der Waals surface area contributed by atoms with E-state index in [4.69, 9.17) is 5.73 Å². The Hall–Kier alpha value is -0.690. The standard InChI is InChI=1S/C7H11B2N/c8-6-1-5(4-10)2-7(9)3-6/h1-3H,4,8-10H2. The summed E-state index contributed by atoms with van der Waals surface area (Å²) in [6, 6.07) is 6.39. The Bertz CT molecular complexity index is 215. The Morgan fingerprint density at radius 1 is 1.10 bits per heavy atom. The van der Waals surface area contributed by atoms with Crippen LogP contribution in [0.1, 0.15) is 5.56 Å². The van der Waals surface area contributed by atoms with Crippen LogP contribution in [0.15, 0.2) is 18.2 Å². The van der Waals surface area contributed by atoms with Crippen molar-refractivity contribution in [2.45, 2.75) is 6.54 Å². The van der Waals surface area contributed by atoms with E-state index < -0.39 is 0 Å². The summed E-state index contributed by atoms with van der Waals surface area (Å²) in [6.45, 7) is 0.641. The van der Waals surface area contributed by atoms with Gasteiger partial charge in [-0.2, -0.15) is 0 Å². The Kier molecular flexibility index (Phi) is 2.17. The molecule has 0 saturated carbocycles. The third kappa shape index (κ3) is 1.64. The summed E-state index contributed by atoms with van der Waals surface area (Å²) < 4.78 is 0. The lowest BCUT2D eigenvalue weighted by Gasteiger charge is -2.00. The predicted octanol–water partition coefficient (Wildman–Crippen LogP) is -2.34. The Morgan fingerprint density at radius 2 is 1.60 bits per heavy atom. The molecule has 50 valence electrons. The van der Waals surface area contributed by atoms with Crippen molar-refractivity contribution in [3.63, 3.8) is 0 Å². The third-order valence-electron chi connectivity index (χ3n) is 1.52. The second-order valence-corrected chi connectivity index (χ2v) is 2.70. The molecular formula is C7H11B2N. The molecule has 0 heterocycles. The lowest BCUT2D eigenvalue weighted by molar-refractivity contribution is 1.08. The molecule has 0 bridgehead atoms. The molecule has 1 rings (SSSR count). The van der Waals surface area contributed by atoms with Gasteiger partial charge < -0.3 is 5.73 Å². The van der Waals surface area contributed by atoms with Crippen LogP contribution in [-0.4, -0.2) is 15.7 Å². The molecule has 3 heteroatoms. The molecular weight excluding hydrogens is 120 g/mol. The van der Waals surface area contributed by atoms with Gasteiger partial charge in [-0.15, -0.1) is 0 Å². The van der Waals surface area contributed by atoms with Crippen molar-refractivity contribution in [1.29, 1.82) is 0 Å². The maximum Gasteiger partial charge on any atom is 0.139 e. The van der Waals surface area contributed by atoms with E-state index in [9.17, 15) is 0 Å². The van der Waals surface area contributed by atoms with Crippen LogP contribution in [0, 0.1) is 0 Å². The molecule has 10 heavy (non-hydrogen) atoms. The van der Waals surface area contributed by atoms with Crippen molar-refractivity contribution in [3.8, 4) is 0 Å². The lowest BCUT2D eigenvalue weighted by atomic mass is 9.85. The van der Waals surface area contributed by atoms with Gasteiger partial charge in [-0.1, -0.05) is 29.1 Å². The third-order valence-corrected chi connectivity index (χ3v) is 1.52. The highest BCUT2D eigenvalue weighted by Crippen LogP contribution is 1.89. The van der Waals surface area contributed by atoms with E-state index in [1.165, 1.54) is 16.5 Å². The molecule has 0 aliphatic carbocycles. The van der Waals surface area contributed by atoms with Gasteiger partial charge in [0.1, 0.15) is 15.7 Å². The highest BCUT2D eigenvalue weighted by atomic mass is 14.5. The molecule has 1 nitrogen and oxygen atoms in total. The van der Waals surface area contributed by atoms with Crippen LogP contribution in [0.4, 0.5) is 0 Å². The second-order valence-electron chi connectivity index (χ2n) is 2.70. The fraction of sp³-hybridized carbons (Fsp3) is 0.143. The van der Waals surface area contributed by atoms with E-state index in [1.807, 2.05) is 0 Å². The van der Waals surface area contributed by atoms with Crippen LogP contribution in [0.3, 0.4) is 0 Å². The summed E-state index contributed by atoms with van der Waals surface area (Å²) in [5.74, 6) is 0. The zero-order valence-electron chi connectivity index (χ0n) is 6.52. The Balaban J connectivity index is 3.06. The van der Waals surface area contributed by atoms with Gasteiger partial charge in [0.15, 0.2) is 0 Å². The van der Waals surface area contributed by atoms with Crippen molar-refractivity contribution in [2.24, 2.45) is 5.73 Å². The average molecular weight is 131 g/mol. The fourth-order valence-corrected chi connectivity index (χ4v) is 1.19. The van der Waals surface area contributed by atoms with E-state index in [2.05, 4.69) is 33.9 Å². The molecule has 0 aromatic heterocycles. The Morgan fingerprint density at radius 3 is 2.00 bits per heavy atom. The number of hydrogen-bond donors (Lipinski definition) is 1. The van der Waals surface area contributed by atoms with Crippen LogP contribution in [0.5, 0.6) is 0 Å². The average Bonchev–Trinajstić information content (AvgIpc) is 1.85. The van der Waals surface area contributed by atoms with Gasteiger partial charge in [0.25, 0.3) is 0 Å².